The number of aromatic nitrogens is 3. The van der Waals surface area contributed by atoms with E-state index in [9.17, 15) is 0 Å². The summed E-state index contributed by atoms with van der Waals surface area (Å²) < 4.78 is 8.67. The second-order valence-corrected chi connectivity index (χ2v) is 14.6. The minimum Gasteiger partial charge on any atom is -0.456 e. The van der Waals surface area contributed by atoms with Gasteiger partial charge in [-0.15, -0.1) is 0 Å². The Labute approximate surface area is 306 Å². The number of nitrogens with zero attached hydrogens (tertiary/aromatic N) is 3. The Hall–Kier alpha value is -6.78. The van der Waals surface area contributed by atoms with E-state index >= 15 is 0 Å². The highest BCUT2D eigenvalue weighted by atomic mass is 16.3. The van der Waals surface area contributed by atoms with Gasteiger partial charge >= 0.3 is 0 Å². The molecule has 1 aliphatic rings. The number of benzene rings is 7. The fraction of sp³-hybridized carbons (Fsp3) is 0.0612. The minimum absolute atomic E-state index is 0.113. The smallest absolute Gasteiger partial charge is 0.160 e. The van der Waals surface area contributed by atoms with E-state index < -0.39 is 0 Å². The molecular formula is C49H33N3O. The minimum atomic E-state index is -0.113. The summed E-state index contributed by atoms with van der Waals surface area (Å²) >= 11 is 0. The van der Waals surface area contributed by atoms with Crippen molar-refractivity contribution < 1.29 is 4.42 Å². The number of furan rings is 1. The molecule has 0 atom stereocenters. The molecule has 0 bridgehead atoms. The number of rotatable bonds is 4. The van der Waals surface area contributed by atoms with E-state index in [4.69, 9.17) is 14.4 Å². The summed E-state index contributed by atoms with van der Waals surface area (Å²) in [5, 5.41) is 4.81. The van der Waals surface area contributed by atoms with Crippen LogP contribution in [0.5, 0.6) is 0 Å². The summed E-state index contributed by atoms with van der Waals surface area (Å²) in [5.74, 6) is 0.678. The van der Waals surface area contributed by atoms with Gasteiger partial charge in [-0.3, -0.25) is 0 Å². The highest BCUT2D eigenvalue weighted by Gasteiger charge is 2.38. The van der Waals surface area contributed by atoms with Crippen LogP contribution in [0.15, 0.2) is 168 Å². The van der Waals surface area contributed by atoms with Crippen LogP contribution in [0.3, 0.4) is 0 Å². The van der Waals surface area contributed by atoms with E-state index in [0.717, 1.165) is 55.7 Å². The van der Waals surface area contributed by atoms with E-state index in [0.29, 0.717) is 5.82 Å². The highest BCUT2D eigenvalue weighted by Crippen LogP contribution is 2.53. The molecule has 0 spiro atoms. The molecule has 0 N–H and O–H groups in total. The van der Waals surface area contributed by atoms with E-state index in [1.54, 1.807) is 0 Å². The van der Waals surface area contributed by atoms with Crippen LogP contribution in [0, 0.1) is 0 Å². The van der Waals surface area contributed by atoms with Crippen molar-refractivity contribution >= 4 is 43.7 Å². The third kappa shape index (κ3) is 4.42. The van der Waals surface area contributed by atoms with Crippen molar-refractivity contribution in [2.75, 3.05) is 0 Å². The first-order valence-electron chi connectivity index (χ1n) is 18.2. The maximum Gasteiger partial charge on any atom is 0.160 e. The quantitative estimate of drug-likeness (QED) is 0.186. The summed E-state index contributed by atoms with van der Waals surface area (Å²) in [5.41, 5.74) is 15.3. The Kier molecular flexibility index (Phi) is 6.27. The zero-order valence-electron chi connectivity index (χ0n) is 29.3. The number of para-hydroxylation sites is 2. The van der Waals surface area contributed by atoms with Gasteiger partial charge in [-0.2, -0.15) is 0 Å². The molecule has 53 heavy (non-hydrogen) atoms. The third-order valence-electron chi connectivity index (χ3n) is 11.2. The Bertz CT molecular complexity index is 3080. The summed E-state index contributed by atoms with van der Waals surface area (Å²) in [7, 11) is 0. The lowest BCUT2D eigenvalue weighted by atomic mass is 9.80. The monoisotopic (exact) mass is 679 g/mol. The first-order chi connectivity index (χ1) is 26.0. The lowest BCUT2D eigenvalue weighted by Gasteiger charge is -2.22. The maximum absolute atomic E-state index is 6.26. The van der Waals surface area contributed by atoms with E-state index in [2.05, 4.69) is 146 Å². The summed E-state index contributed by atoms with van der Waals surface area (Å²) in [4.78, 5) is 10.3. The predicted molar refractivity (Wildman–Crippen MR) is 218 cm³/mol. The molecule has 0 amide bonds. The van der Waals surface area contributed by atoms with Crippen LogP contribution in [-0.2, 0) is 5.41 Å². The van der Waals surface area contributed by atoms with Gasteiger partial charge in [-0.05, 0) is 82.9 Å². The molecule has 250 valence electrons. The molecule has 7 aromatic carbocycles. The molecule has 0 fully saturated rings. The van der Waals surface area contributed by atoms with Gasteiger partial charge in [-0.25, -0.2) is 9.97 Å². The SMILES string of the molecule is CC1(C)c2ccccc2-c2ccc3c(c21)c1ccccc1n3-c1ccc(-c2nc(-c3ccccc3)cc(-c3ccc4c(c3)oc3ccccc34)n2)cc1. The molecule has 3 heterocycles. The first-order valence-corrected chi connectivity index (χ1v) is 18.2. The molecule has 10 aromatic rings. The lowest BCUT2D eigenvalue weighted by molar-refractivity contribution is 0.666. The van der Waals surface area contributed by atoms with Gasteiger partial charge in [0.1, 0.15) is 11.2 Å². The molecule has 3 aromatic heterocycles. The van der Waals surface area contributed by atoms with Crippen LogP contribution < -0.4 is 0 Å². The van der Waals surface area contributed by atoms with Crippen molar-refractivity contribution in [3.8, 4) is 50.7 Å². The van der Waals surface area contributed by atoms with Gasteiger partial charge < -0.3 is 8.98 Å². The van der Waals surface area contributed by atoms with Gasteiger partial charge in [0.15, 0.2) is 5.82 Å². The predicted octanol–water partition coefficient (Wildman–Crippen LogP) is 12.8. The average molecular weight is 680 g/mol. The summed E-state index contributed by atoms with van der Waals surface area (Å²) in [6, 6.07) is 57.9. The molecule has 1 aliphatic carbocycles. The van der Waals surface area contributed by atoms with Crippen molar-refractivity contribution in [1.29, 1.82) is 0 Å². The number of hydrogen-bond donors (Lipinski definition) is 0. The Morgan fingerprint density at radius 1 is 0.491 bits per heavy atom. The standard InChI is InChI=1S/C49H33N3O/c1-49(2)39-17-9-6-14-34(39)37-26-27-43-46(47(37)49)38-16-7-10-18-42(38)52(43)33-23-20-31(21-24-33)48-50-40(30-12-4-3-5-13-30)29-41(51-48)32-22-25-36-35-15-8-11-19-44(35)53-45(36)28-32/h3-29H,1-2H3. The van der Waals surface area contributed by atoms with Gasteiger partial charge in [0.2, 0.25) is 0 Å². The molecular weight excluding hydrogens is 647 g/mol. The van der Waals surface area contributed by atoms with Crippen LogP contribution in [0.1, 0.15) is 25.0 Å². The van der Waals surface area contributed by atoms with Crippen molar-refractivity contribution in [1.82, 2.24) is 14.5 Å². The normalized spacial score (nSPS) is 13.2. The molecule has 11 rings (SSSR count). The van der Waals surface area contributed by atoms with Gasteiger partial charge in [0.05, 0.1) is 22.4 Å². The van der Waals surface area contributed by atoms with Crippen LogP contribution in [0.25, 0.3) is 94.5 Å². The van der Waals surface area contributed by atoms with Gasteiger partial charge in [0, 0.05) is 49.3 Å². The topological polar surface area (TPSA) is 43.9 Å². The molecule has 0 unspecified atom stereocenters. The lowest BCUT2D eigenvalue weighted by Crippen LogP contribution is -2.15. The van der Waals surface area contributed by atoms with Gasteiger partial charge in [-0.1, -0.05) is 117 Å². The second-order valence-electron chi connectivity index (χ2n) is 14.6. The van der Waals surface area contributed by atoms with Crippen LogP contribution in [0.2, 0.25) is 0 Å². The van der Waals surface area contributed by atoms with Crippen LogP contribution >= 0.6 is 0 Å². The fourth-order valence-corrected chi connectivity index (χ4v) is 8.74. The second kappa shape index (κ2) is 11.1. The van der Waals surface area contributed by atoms with Crippen molar-refractivity contribution in [2.45, 2.75) is 19.3 Å². The zero-order chi connectivity index (χ0) is 35.3. The maximum atomic E-state index is 6.26. The number of fused-ring (bicyclic) bond motifs is 10. The average Bonchev–Trinajstić information content (AvgIpc) is 3.83. The Morgan fingerprint density at radius 2 is 1.17 bits per heavy atom. The fourth-order valence-electron chi connectivity index (χ4n) is 8.74. The van der Waals surface area contributed by atoms with Crippen molar-refractivity contribution in [2.24, 2.45) is 0 Å². The summed E-state index contributed by atoms with van der Waals surface area (Å²) in [6.45, 7) is 4.73. The largest absolute Gasteiger partial charge is 0.456 e. The van der Waals surface area contributed by atoms with Crippen LogP contribution in [0.4, 0.5) is 0 Å². The Morgan fingerprint density at radius 3 is 2.02 bits per heavy atom. The van der Waals surface area contributed by atoms with E-state index in [-0.39, 0.29) is 5.41 Å². The molecule has 4 heteroatoms. The molecule has 0 saturated carbocycles. The van der Waals surface area contributed by atoms with E-state index in [1.807, 2.05) is 36.4 Å². The van der Waals surface area contributed by atoms with Crippen molar-refractivity contribution in [3.63, 3.8) is 0 Å². The molecule has 4 nitrogen and oxygen atoms in total. The van der Waals surface area contributed by atoms with Gasteiger partial charge in [0.25, 0.3) is 0 Å². The number of hydrogen-bond acceptors (Lipinski definition) is 3. The van der Waals surface area contributed by atoms with E-state index in [1.165, 1.54) is 44.1 Å². The molecule has 0 aliphatic heterocycles. The highest BCUT2D eigenvalue weighted by molar-refractivity contribution is 6.14. The Balaban J connectivity index is 1.06. The first kappa shape index (κ1) is 29.9. The molecule has 0 radical (unpaired) electrons. The third-order valence-corrected chi connectivity index (χ3v) is 11.2. The zero-order valence-corrected chi connectivity index (χ0v) is 29.3. The molecule has 0 saturated heterocycles. The van der Waals surface area contributed by atoms with Crippen molar-refractivity contribution in [3.05, 3.63) is 175 Å². The summed E-state index contributed by atoms with van der Waals surface area (Å²) in [6.07, 6.45) is 0. The van der Waals surface area contributed by atoms with Crippen LogP contribution in [-0.4, -0.2) is 14.5 Å².